The maximum atomic E-state index is 12.5. The van der Waals surface area contributed by atoms with Crippen molar-refractivity contribution in [2.45, 2.75) is 6.92 Å². The number of carbonyl (C=O) groups is 1. The van der Waals surface area contributed by atoms with Crippen LogP contribution in [0.2, 0.25) is 10.0 Å². The fraction of sp³-hybridized carbons (Fsp3) is 0.167. The predicted molar refractivity (Wildman–Crippen MR) is 94.0 cm³/mol. The van der Waals surface area contributed by atoms with Crippen molar-refractivity contribution >= 4 is 35.1 Å². The second kappa shape index (κ2) is 7.53. The lowest BCUT2D eigenvalue weighted by Crippen LogP contribution is -2.02. The highest BCUT2D eigenvalue weighted by Crippen LogP contribution is 2.28. The molecule has 0 aliphatic heterocycles. The minimum absolute atomic E-state index is 0.162. The summed E-state index contributed by atoms with van der Waals surface area (Å²) >= 11 is 12.0. The summed E-state index contributed by atoms with van der Waals surface area (Å²) < 4.78 is 10.5. The smallest absolute Gasteiger partial charge is 0.190 e. The molecule has 0 amide bonds. The number of halogens is 2. The number of hydrogen-bond donors (Lipinski definition) is 0. The molecular weight excluding hydrogens is 335 g/mol. The molecule has 0 saturated heterocycles. The molecule has 0 spiro atoms. The van der Waals surface area contributed by atoms with E-state index in [-0.39, 0.29) is 5.78 Å². The molecule has 0 unspecified atom stereocenters. The molecule has 0 aliphatic rings. The molecule has 0 aromatic heterocycles. The molecule has 0 radical (unpaired) electrons. The number of methoxy groups -OCH3 is 2. The van der Waals surface area contributed by atoms with Crippen molar-refractivity contribution < 1.29 is 14.3 Å². The lowest BCUT2D eigenvalue weighted by Gasteiger charge is -2.09. The summed E-state index contributed by atoms with van der Waals surface area (Å²) in [5, 5.41) is 0.821. The zero-order valence-corrected chi connectivity index (χ0v) is 14.5. The van der Waals surface area contributed by atoms with Gasteiger partial charge in [0.2, 0.25) is 0 Å². The van der Waals surface area contributed by atoms with Crippen LogP contribution in [0.5, 0.6) is 11.5 Å². The third-order valence-corrected chi connectivity index (χ3v) is 3.89. The second-order valence-electron chi connectivity index (χ2n) is 4.89. The number of hydrogen-bond acceptors (Lipinski definition) is 3. The average molecular weight is 351 g/mol. The molecule has 0 heterocycles. The second-order valence-corrected chi connectivity index (χ2v) is 5.73. The van der Waals surface area contributed by atoms with Crippen molar-refractivity contribution in [1.29, 1.82) is 0 Å². The first kappa shape index (κ1) is 17.4. The van der Waals surface area contributed by atoms with Gasteiger partial charge in [-0.1, -0.05) is 23.2 Å². The Labute approximate surface area is 145 Å². The van der Waals surface area contributed by atoms with E-state index in [9.17, 15) is 4.79 Å². The molecule has 0 atom stereocenters. The maximum absolute atomic E-state index is 12.5. The highest BCUT2D eigenvalue weighted by atomic mass is 35.5. The number of ketones is 1. The van der Waals surface area contributed by atoms with Crippen molar-refractivity contribution in [3.63, 3.8) is 0 Å². The van der Waals surface area contributed by atoms with Crippen LogP contribution in [0, 0.1) is 0 Å². The van der Waals surface area contributed by atoms with Gasteiger partial charge in [0.1, 0.15) is 11.5 Å². The zero-order valence-electron chi connectivity index (χ0n) is 13.0. The predicted octanol–water partition coefficient (Wildman–Crippen LogP) is 5.30. The first-order chi connectivity index (χ1) is 11.0. The van der Waals surface area contributed by atoms with Gasteiger partial charge in [-0.2, -0.15) is 0 Å². The lowest BCUT2D eigenvalue weighted by atomic mass is 10.0. The van der Waals surface area contributed by atoms with Crippen molar-refractivity contribution in [3.8, 4) is 11.5 Å². The molecule has 0 fully saturated rings. The fourth-order valence-electron chi connectivity index (χ4n) is 2.12. The Balaban J connectivity index is 2.37. The quantitative estimate of drug-likeness (QED) is 0.542. The van der Waals surface area contributed by atoms with Crippen molar-refractivity contribution in [1.82, 2.24) is 0 Å². The Hall–Kier alpha value is -1.97. The number of rotatable bonds is 5. The third kappa shape index (κ3) is 4.06. The van der Waals surface area contributed by atoms with E-state index >= 15 is 0 Å². The van der Waals surface area contributed by atoms with Crippen LogP contribution in [-0.4, -0.2) is 20.0 Å². The first-order valence-electron chi connectivity index (χ1n) is 6.86. The van der Waals surface area contributed by atoms with Gasteiger partial charge >= 0.3 is 0 Å². The number of Topliss-reactive ketones (excluding diaryl/α,β-unsaturated/α-hetero) is 1. The van der Waals surface area contributed by atoms with Crippen LogP contribution in [0.1, 0.15) is 22.8 Å². The van der Waals surface area contributed by atoms with Gasteiger partial charge in [0.25, 0.3) is 0 Å². The summed E-state index contributed by atoms with van der Waals surface area (Å²) in [6.45, 7) is 1.73. The van der Waals surface area contributed by atoms with Crippen LogP contribution in [0.25, 0.3) is 6.08 Å². The Kier molecular flexibility index (Phi) is 5.69. The maximum Gasteiger partial charge on any atom is 0.190 e. The fourth-order valence-corrected chi connectivity index (χ4v) is 2.62. The zero-order chi connectivity index (χ0) is 17.0. The molecule has 0 saturated carbocycles. The SMILES string of the molecule is COc1ccc(/C=C(\C)C(=O)c2ccc(Cl)cc2Cl)c(OC)c1. The molecule has 0 aliphatic carbocycles. The van der Waals surface area contributed by atoms with Crippen LogP contribution < -0.4 is 9.47 Å². The van der Waals surface area contributed by atoms with E-state index < -0.39 is 0 Å². The summed E-state index contributed by atoms with van der Waals surface area (Å²) in [6, 6.07) is 10.2. The van der Waals surface area contributed by atoms with E-state index in [1.165, 1.54) is 0 Å². The van der Waals surface area contributed by atoms with Crippen molar-refractivity contribution in [3.05, 3.63) is 63.1 Å². The topological polar surface area (TPSA) is 35.5 Å². The Morgan fingerprint density at radius 3 is 2.39 bits per heavy atom. The van der Waals surface area contributed by atoms with Gasteiger partial charge in [0.15, 0.2) is 5.78 Å². The van der Waals surface area contributed by atoms with E-state index in [0.717, 1.165) is 5.56 Å². The standard InChI is InChI=1S/C18H16Cl2O3/c1-11(18(21)15-7-5-13(19)9-16(15)20)8-12-4-6-14(22-2)10-17(12)23-3/h4-10H,1-3H3/b11-8+. The normalized spacial score (nSPS) is 11.3. The van der Waals surface area contributed by atoms with E-state index in [1.807, 2.05) is 6.07 Å². The molecule has 2 rings (SSSR count). The molecule has 0 N–H and O–H groups in total. The Morgan fingerprint density at radius 1 is 1.04 bits per heavy atom. The molecule has 23 heavy (non-hydrogen) atoms. The van der Waals surface area contributed by atoms with Gasteiger partial charge in [-0.3, -0.25) is 4.79 Å². The summed E-state index contributed by atoms with van der Waals surface area (Å²) in [7, 11) is 3.15. The molecule has 120 valence electrons. The van der Waals surface area contributed by atoms with Crippen molar-refractivity contribution in [2.24, 2.45) is 0 Å². The molecular formula is C18H16Cl2O3. The van der Waals surface area contributed by atoms with Crippen molar-refractivity contribution in [2.75, 3.05) is 14.2 Å². The Bertz CT molecular complexity index is 767. The minimum atomic E-state index is -0.162. The van der Waals surface area contributed by atoms with Gasteiger partial charge in [-0.05, 0) is 48.9 Å². The largest absolute Gasteiger partial charge is 0.497 e. The van der Waals surface area contributed by atoms with E-state index in [4.69, 9.17) is 32.7 Å². The van der Waals surface area contributed by atoms with E-state index in [2.05, 4.69) is 0 Å². The summed E-state index contributed by atoms with van der Waals surface area (Å²) in [4.78, 5) is 12.5. The van der Waals surface area contributed by atoms with Crippen LogP contribution in [0.15, 0.2) is 42.0 Å². The minimum Gasteiger partial charge on any atom is -0.497 e. The van der Waals surface area contributed by atoms with Gasteiger partial charge in [-0.15, -0.1) is 0 Å². The van der Waals surface area contributed by atoms with Gasteiger partial charge in [-0.25, -0.2) is 0 Å². The van der Waals surface area contributed by atoms with E-state index in [0.29, 0.717) is 32.7 Å². The average Bonchev–Trinajstić information content (AvgIpc) is 2.54. The van der Waals surface area contributed by atoms with E-state index in [1.54, 1.807) is 57.6 Å². The van der Waals surface area contributed by atoms with Crippen LogP contribution in [0.3, 0.4) is 0 Å². The molecule has 3 nitrogen and oxygen atoms in total. The number of benzene rings is 2. The van der Waals surface area contributed by atoms with Crippen LogP contribution in [-0.2, 0) is 0 Å². The summed E-state index contributed by atoms with van der Waals surface area (Å²) in [5.41, 5.74) is 1.74. The number of carbonyl (C=O) groups excluding carboxylic acids is 1. The lowest BCUT2D eigenvalue weighted by molar-refractivity contribution is 0.103. The molecule has 2 aromatic carbocycles. The molecule has 5 heteroatoms. The van der Waals surface area contributed by atoms with Crippen LogP contribution in [0.4, 0.5) is 0 Å². The number of allylic oxidation sites excluding steroid dienone is 1. The highest BCUT2D eigenvalue weighted by Gasteiger charge is 2.13. The summed E-state index contributed by atoms with van der Waals surface area (Å²) in [5.74, 6) is 1.15. The number of ether oxygens (including phenoxy) is 2. The highest BCUT2D eigenvalue weighted by molar-refractivity contribution is 6.37. The Morgan fingerprint density at radius 2 is 1.78 bits per heavy atom. The third-order valence-electron chi connectivity index (χ3n) is 3.35. The van der Waals surface area contributed by atoms with Gasteiger partial charge in [0.05, 0.1) is 19.2 Å². The monoisotopic (exact) mass is 350 g/mol. The molecule has 0 bridgehead atoms. The van der Waals surface area contributed by atoms with Gasteiger partial charge < -0.3 is 9.47 Å². The first-order valence-corrected chi connectivity index (χ1v) is 7.62. The summed E-state index contributed by atoms with van der Waals surface area (Å²) in [6.07, 6.45) is 1.76. The van der Waals surface area contributed by atoms with Gasteiger partial charge in [0, 0.05) is 22.2 Å². The van der Waals surface area contributed by atoms with Crippen LogP contribution >= 0.6 is 23.2 Å². The molecule has 2 aromatic rings.